The Kier molecular flexibility index (Phi) is 26.3. The molecule has 0 bridgehead atoms. The SMILES string of the molecule is C=C(C)C(=O)OCCNC(=O)OCCOCCOCCOC(=O)c1c(Cl)c(Cl)c(Cl)c(Cl)c1C(=O)OCCOCCOCCOC(=O)NCCOC(=O)C(=C)C. The van der Waals surface area contributed by atoms with Gasteiger partial charge in [-0.2, -0.15) is 0 Å². The zero-order chi connectivity index (χ0) is 41.9. The molecule has 1 aromatic rings. The normalized spacial score (nSPS) is 10.5. The summed E-state index contributed by atoms with van der Waals surface area (Å²) in [7, 11) is 0. The van der Waals surface area contributed by atoms with Gasteiger partial charge in [0.25, 0.3) is 0 Å². The minimum atomic E-state index is -1.05. The lowest BCUT2D eigenvalue weighted by Gasteiger charge is -2.15. The molecule has 56 heavy (non-hydrogen) atoms. The van der Waals surface area contributed by atoms with E-state index in [2.05, 4.69) is 23.8 Å². The number of carbonyl (C=O) groups excluding carboxylic acids is 6. The van der Waals surface area contributed by atoms with Crippen LogP contribution in [0.5, 0.6) is 0 Å². The Balaban J connectivity index is 2.31. The Morgan fingerprint density at radius 2 is 0.714 bits per heavy atom. The molecule has 0 aliphatic rings. The number of halogens is 4. The standard InChI is InChI=1S/C34H44Cl4N2O16/c1-21(2)29(41)51-7-5-39-33(45)55-19-15-49-11-9-47-13-17-53-31(43)23-24(26(36)28(38)27(37)25(23)35)32(44)54-18-14-48-10-12-50-16-20-56-34(46)40-6-8-52-30(42)22(3)4/h1,3,5-20H2,2,4H3,(H,39,45)(H,40,46). The number of esters is 4. The minimum Gasteiger partial charge on any atom is -0.460 e. The lowest BCUT2D eigenvalue weighted by atomic mass is 10.1. The molecular weight excluding hydrogens is 834 g/mol. The number of hydrogen-bond acceptors (Lipinski definition) is 16. The van der Waals surface area contributed by atoms with Crippen LogP contribution in [0.3, 0.4) is 0 Å². The van der Waals surface area contributed by atoms with Crippen LogP contribution in [0.25, 0.3) is 0 Å². The Hall–Kier alpha value is -3.88. The molecule has 0 saturated carbocycles. The van der Waals surface area contributed by atoms with E-state index in [-0.39, 0.29) is 137 Å². The average molecular weight is 879 g/mol. The summed E-state index contributed by atoms with van der Waals surface area (Å²) < 4.78 is 51.1. The minimum absolute atomic E-state index is 0.0335. The van der Waals surface area contributed by atoms with Crippen molar-refractivity contribution in [2.24, 2.45) is 0 Å². The molecule has 0 saturated heterocycles. The predicted octanol–water partition coefficient (Wildman–Crippen LogP) is 4.37. The van der Waals surface area contributed by atoms with Gasteiger partial charge in [-0.1, -0.05) is 59.6 Å². The van der Waals surface area contributed by atoms with Crippen molar-refractivity contribution >= 4 is 82.5 Å². The van der Waals surface area contributed by atoms with Crippen molar-refractivity contribution in [3.05, 3.63) is 55.5 Å². The van der Waals surface area contributed by atoms with E-state index in [4.69, 9.17) is 93.8 Å². The molecule has 0 aliphatic heterocycles. The average Bonchev–Trinajstić information content (AvgIpc) is 3.16. The summed E-state index contributed by atoms with van der Waals surface area (Å²) in [5.41, 5.74) is -0.440. The van der Waals surface area contributed by atoms with Crippen LogP contribution in [0.1, 0.15) is 34.6 Å². The fourth-order valence-corrected chi connectivity index (χ4v) is 4.53. The summed E-state index contributed by atoms with van der Waals surface area (Å²) >= 11 is 24.8. The van der Waals surface area contributed by atoms with E-state index >= 15 is 0 Å². The third kappa shape index (κ3) is 20.9. The van der Waals surface area contributed by atoms with Gasteiger partial charge in [0.05, 0.1) is 97.2 Å². The molecule has 314 valence electrons. The lowest BCUT2D eigenvalue weighted by molar-refractivity contribution is -0.139. The topological polar surface area (TPSA) is 219 Å². The molecule has 2 amide bonds. The highest BCUT2D eigenvalue weighted by atomic mass is 35.5. The van der Waals surface area contributed by atoms with Crippen molar-refractivity contribution in [1.82, 2.24) is 10.6 Å². The quantitative estimate of drug-likeness (QED) is 0.0298. The first-order chi connectivity index (χ1) is 26.7. The number of ether oxygens (including phenoxy) is 10. The summed E-state index contributed by atoms with van der Waals surface area (Å²) in [5, 5.41) is 3.48. The predicted molar refractivity (Wildman–Crippen MR) is 201 cm³/mol. The second-order valence-electron chi connectivity index (χ2n) is 10.7. The van der Waals surface area contributed by atoms with Crippen molar-refractivity contribution in [3.8, 4) is 0 Å². The third-order valence-electron chi connectivity index (χ3n) is 6.17. The van der Waals surface area contributed by atoms with Crippen LogP contribution in [0.4, 0.5) is 9.59 Å². The number of nitrogens with one attached hydrogen (secondary N) is 2. The fraction of sp³-hybridized carbons (Fsp3) is 0.529. The number of rotatable bonds is 28. The Labute approximate surface area is 343 Å². The second kappa shape index (κ2) is 29.4. The van der Waals surface area contributed by atoms with Crippen molar-refractivity contribution in [3.63, 3.8) is 0 Å². The van der Waals surface area contributed by atoms with Crippen LogP contribution in [0.15, 0.2) is 24.3 Å². The highest BCUT2D eigenvalue weighted by Crippen LogP contribution is 2.42. The molecule has 1 aromatic carbocycles. The molecule has 0 radical (unpaired) electrons. The molecule has 0 unspecified atom stereocenters. The van der Waals surface area contributed by atoms with Gasteiger partial charge in [0.15, 0.2) is 0 Å². The molecule has 0 aromatic heterocycles. The van der Waals surface area contributed by atoms with Crippen molar-refractivity contribution < 1.29 is 76.1 Å². The van der Waals surface area contributed by atoms with E-state index in [1.807, 2.05) is 0 Å². The molecule has 0 spiro atoms. The zero-order valence-corrected chi connectivity index (χ0v) is 33.8. The fourth-order valence-electron chi connectivity index (χ4n) is 3.52. The Bertz CT molecular complexity index is 1400. The van der Waals surface area contributed by atoms with Crippen molar-refractivity contribution in [2.75, 3.05) is 106 Å². The molecule has 2 N–H and O–H groups in total. The van der Waals surface area contributed by atoms with Crippen LogP contribution in [-0.2, 0) is 57.0 Å². The van der Waals surface area contributed by atoms with Crippen LogP contribution >= 0.6 is 46.4 Å². The molecule has 18 nitrogen and oxygen atoms in total. The van der Waals surface area contributed by atoms with Gasteiger partial charge in [-0.15, -0.1) is 0 Å². The Morgan fingerprint density at radius 3 is 1.02 bits per heavy atom. The maximum Gasteiger partial charge on any atom is 0.407 e. The first-order valence-electron chi connectivity index (χ1n) is 16.7. The largest absolute Gasteiger partial charge is 0.460 e. The summed E-state index contributed by atoms with van der Waals surface area (Å²) in [6, 6.07) is 0. The van der Waals surface area contributed by atoms with E-state index in [0.717, 1.165) is 0 Å². The summed E-state index contributed by atoms with van der Waals surface area (Å²) in [4.78, 5) is 71.6. The molecule has 0 fully saturated rings. The smallest absolute Gasteiger partial charge is 0.407 e. The van der Waals surface area contributed by atoms with Gasteiger partial charge in [-0.25, -0.2) is 28.8 Å². The van der Waals surface area contributed by atoms with Crippen LogP contribution in [-0.4, -0.2) is 142 Å². The number of alkyl carbamates (subject to hydrolysis) is 2. The van der Waals surface area contributed by atoms with Gasteiger partial charge in [-0.3, -0.25) is 0 Å². The zero-order valence-electron chi connectivity index (χ0n) is 30.8. The molecule has 1 rings (SSSR count). The maximum atomic E-state index is 13.0. The highest BCUT2D eigenvalue weighted by molar-refractivity contribution is 6.54. The number of amides is 2. The highest BCUT2D eigenvalue weighted by Gasteiger charge is 2.31. The maximum absolute atomic E-state index is 13.0. The molecular formula is C34H44Cl4N2O16. The number of benzene rings is 1. The van der Waals surface area contributed by atoms with E-state index in [1.54, 1.807) is 0 Å². The summed E-state index contributed by atoms with van der Waals surface area (Å²) in [6.07, 6.45) is -1.43. The monoisotopic (exact) mass is 876 g/mol. The van der Waals surface area contributed by atoms with Crippen LogP contribution in [0.2, 0.25) is 20.1 Å². The molecule has 0 aliphatic carbocycles. The first-order valence-corrected chi connectivity index (χ1v) is 18.2. The van der Waals surface area contributed by atoms with E-state index in [0.29, 0.717) is 0 Å². The number of carbonyl (C=O) groups is 6. The third-order valence-corrected chi connectivity index (χ3v) is 7.97. The lowest BCUT2D eigenvalue weighted by Crippen LogP contribution is -2.29. The van der Waals surface area contributed by atoms with E-state index < -0.39 is 47.2 Å². The molecule has 0 heterocycles. The van der Waals surface area contributed by atoms with Gasteiger partial charge < -0.3 is 58.0 Å². The van der Waals surface area contributed by atoms with E-state index in [1.165, 1.54) is 13.8 Å². The molecule has 0 atom stereocenters. The Morgan fingerprint density at radius 1 is 0.429 bits per heavy atom. The summed E-state index contributed by atoms with van der Waals surface area (Å²) in [5.74, 6) is -3.22. The van der Waals surface area contributed by atoms with Gasteiger partial charge >= 0.3 is 36.1 Å². The second-order valence-corrected chi connectivity index (χ2v) is 12.2. The van der Waals surface area contributed by atoms with Gasteiger partial charge in [0, 0.05) is 11.1 Å². The van der Waals surface area contributed by atoms with Crippen molar-refractivity contribution in [1.29, 1.82) is 0 Å². The number of hydrogen-bond donors (Lipinski definition) is 2. The molecule has 22 heteroatoms. The van der Waals surface area contributed by atoms with Gasteiger partial charge in [0.2, 0.25) is 0 Å². The first kappa shape index (κ1) is 50.1. The van der Waals surface area contributed by atoms with Crippen LogP contribution in [0, 0.1) is 0 Å². The summed E-state index contributed by atoms with van der Waals surface area (Å²) in [6.45, 7) is 9.86. The van der Waals surface area contributed by atoms with Gasteiger partial charge in [0.1, 0.15) is 39.6 Å². The van der Waals surface area contributed by atoms with E-state index in [9.17, 15) is 28.8 Å². The van der Waals surface area contributed by atoms with Crippen molar-refractivity contribution in [2.45, 2.75) is 13.8 Å². The van der Waals surface area contributed by atoms with Crippen LogP contribution < -0.4 is 10.6 Å². The van der Waals surface area contributed by atoms with Gasteiger partial charge in [-0.05, 0) is 13.8 Å².